The van der Waals surface area contributed by atoms with E-state index in [1.54, 1.807) is 44.1 Å². The molecule has 6 atom stereocenters. The molecule has 12 nitrogen and oxygen atoms in total. The van der Waals surface area contributed by atoms with Gasteiger partial charge in [-0.2, -0.15) is 0 Å². The molecule has 1 aromatic carbocycles. The molecule has 0 bridgehead atoms. The molecule has 0 aromatic heterocycles. The molecular formula is C28H38N4O8. The van der Waals surface area contributed by atoms with Crippen molar-refractivity contribution in [3.05, 3.63) is 33.9 Å². The van der Waals surface area contributed by atoms with Crippen LogP contribution < -0.4 is 11.1 Å². The lowest BCUT2D eigenvalue weighted by atomic mass is 9.54. The third kappa shape index (κ3) is 4.48. The molecule has 2 saturated carbocycles. The van der Waals surface area contributed by atoms with Gasteiger partial charge in [0.15, 0.2) is 11.4 Å². The Balaban J connectivity index is 1.83. The van der Waals surface area contributed by atoms with Crippen molar-refractivity contribution in [3.63, 3.8) is 0 Å². The van der Waals surface area contributed by atoms with Crippen molar-refractivity contribution in [1.82, 2.24) is 15.1 Å². The van der Waals surface area contributed by atoms with Gasteiger partial charge in [0.1, 0.15) is 17.4 Å². The first-order chi connectivity index (χ1) is 18.7. The van der Waals surface area contributed by atoms with Crippen molar-refractivity contribution in [2.75, 3.05) is 34.7 Å². The summed E-state index contributed by atoms with van der Waals surface area (Å²) in [5.74, 6) is -8.04. The summed E-state index contributed by atoms with van der Waals surface area (Å²) in [4.78, 5) is 55.0. The lowest BCUT2D eigenvalue weighted by molar-refractivity contribution is -0.184. The minimum absolute atomic E-state index is 0.0219. The minimum atomic E-state index is -2.70. The molecule has 3 unspecified atom stereocenters. The van der Waals surface area contributed by atoms with E-state index >= 15 is 0 Å². The number of rotatable bonds is 7. The quantitative estimate of drug-likeness (QED) is 0.223. The van der Waals surface area contributed by atoms with Gasteiger partial charge in [0.05, 0.1) is 18.2 Å². The number of benzene rings is 1. The summed E-state index contributed by atoms with van der Waals surface area (Å²) in [7, 11) is 6.71. The number of phenolic OH excluding ortho intramolecular Hbond substituents is 1. The SMILES string of the molecule is CCc1cc(CNC(=O)CN(C)C)c(O)c2c1C[C@@H]1C[C@@H]3C(N(C)C)C(O)C(C(N)=O)C(=O)[C@]3(O)C(=O)C1=C2O. The Kier molecular flexibility index (Phi) is 7.85. The van der Waals surface area contributed by atoms with Crippen LogP contribution in [0.2, 0.25) is 0 Å². The molecule has 3 aliphatic carbocycles. The van der Waals surface area contributed by atoms with Gasteiger partial charge in [0.2, 0.25) is 17.6 Å². The van der Waals surface area contributed by atoms with Gasteiger partial charge in [-0.25, -0.2) is 0 Å². The highest BCUT2D eigenvalue weighted by Crippen LogP contribution is 2.53. The normalized spacial score (nSPS) is 29.8. The fraction of sp³-hybridized carbons (Fsp3) is 0.571. The lowest BCUT2D eigenvalue weighted by Crippen LogP contribution is -2.73. The van der Waals surface area contributed by atoms with Crippen LogP contribution >= 0.6 is 0 Å². The van der Waals surface area contributed by atoms with Gasteiger partial charge in [0, 0.05) is 29.6 Å². The molecule has 0 saturated heterocycles. The summed E-state index contributed by atoms with van der Waals surface area (Å²) in [5, 5.41) is 48.1. The van der Waals surface area contributed by atoms with Gasteiger partial charge in [-0.05, 0) is 64.5 Å². The van der Waals surface area contributed by atoms with E-state index in [0.717, 1.165) is 5.56 Å². The van der Waals surface area contributed by atoms with Crippen molar-refractivity contribution in [2.45, 2.75) is 50.5 Å². The molecule has 4 rings (SSSR count). The number of phenols is 1. The fourth-order valence-electron chi connectivity index (χ4n) is 6.80. The zero-order chi connectivity index (χ0) is 29.8. The first-order valence-corrected chi connectivity index (χ1v) is 13.3. The summed E-state index contributed by atoms with van der Waals surface area (Å²) in [6.07, 6.45) is -0.699. The highest BCUT2D eigenvalue weighted by molar-refractivity contribution is 6.25. The fourth-order valence-corrected chi connectivity index (χ4v) is 6.80. The van der Waals surface area contributed by atoms with E-state index in [0.29, 0.717) is 17.5 Å². The van der Waals surface area contributed by atoms with Crippen molar-refractivity contribution in [3.8, 4) is 5.75 Å². The van der Waals surface area contributed by atoms with E-state index in [-0.39, 0.29) is 48.7 Å². The monoisotopic (exact) mass is 558 g/mol. The Morgan fingerprint density at radius 3 is 2.35 bits per heavy atom. The molecule has 0 heterocycles. The zero-order valence-corrected chi connectivity index (χ0v) is 23.4. The lowest BCUT2D eigenvalue weighted by Gasteiger charge is -2.53. The van der Waals surface area contributed by atoms with Crippen molar-refractivity contribution in [1.29, 1.82) is 0 Å². The maximum Gasteiger partial charge on any atom is 0.234 e. The average molecular weight is 559 g/mol. The summed E-state index contributed by atoms with van der Waals surface area (Å²) in [5.41, 5.74) is 4.31. The van der Waals surface area contributed by atoms with Crippen LogP contribution in [0.4, 0.5) is 0 Å². The van der Waals surface area contributed by atoms with Crippen LogP contribution in [-0.4, -0.2) is 106 Å². The van der Waals surface area contributed by atoms with E-state index in [1.807, 2.05) is 6.92 Å². The standard InChI is InChI=1S/C28H38N4O8/c1-6-12-7-14(10-30-17(33)11-31(2)3)22(34)19-15(12)8-13-9-16-21(32(4)5)24(36)20(27(29)39)26(38)28(16,40)25(37)18(13)23(19)35/h7,13,16,20-21,24,34-36,40H,6,8-11H2,1-5H3,(H2,29,39)(H,30,33)/t13-,16-,20?,21?,24?,28-/m1/s1. The van der Waals surface area contributed by atoms with Crippen LogP contribution in [0.3, 0.4) is 0 Å². The predicted octanol–water partition coefficient (Wildman–Crippen LogP) is -1.13. The molecule has 0 spiro atoms. The Morgan fingerprint density at radius 1 is 1.15 bits per heavy atom. The van der Waals surface area contributed by atoms with Crippen molar-refractivity contribution >= 4 is 29.1 Å². The second kappa shape index (κ2) is 10.6. The number of nitrogens with two attached hydrogens (primary N) is 1. The molecule has 3 aliphatic rings. The minimum Gasteiger partial charge on any atom is -0.507 e. The van der Waals surface area contributed by atoms with E-state index in [2.05, 4.69) is 5.32 Å². The number of carbonyl (C=O) groups is 4. The van der Waals surface area contributed by atoms with Crippen LogP contribution in [-0.2, 0) is 38.6 Å². The molecule has 1 aromatic rings. The topological polar surface area (TPSA) is 194 Å². The third-order valence-electron chi connectivity index (χ3n) is 8.58. The number of primary amides is 1. The Morgan fingerprint density at radius 2 is 1.80 bits per heavy atom. The maximum atomic E-state index is 14.0. The van der Waals surface area contributed by atoms with Gasteiger partial charge < -0.3 is 41.3 Å². The highest BCUT2D eigenvalue weighted by Gasteiger charge is 2.67. The number of hydrogen-bond acceptors (Lipinski definition) is 10. The highest BCUT2D eigenvalue weighted by atomic mass is 16.3. The molecule has 0 radical (unpaired) electrons. The Labute approximate surface area is 232 Å². The number of aryl methyl sites for hydroxylation is 1. The van der Waals surface area contributed by atoms with E-state index in [1.165, 1.54) is 0 Å². The second-order valence-corrected chi connectivity index (χ2v) is 11.6. The molecule has 40 heavy (non-hydrogen) atoms. The number of hydrogen-bond donors (Lipinski definition) is 6. The van der Waals surface area contributed by atoms with E-state index < -0.39 is 58.7 Å². The Hall–Kier alpha value is -3.32. The first kappa shape index (κ1) is 29.7. The van der Waals surface area contributed by atoms with Gasteiger partial charge in [-0.1, -0.05) is 13.0 Å². The average Bonchev–Trinajstić information content (AvgIpc) is 2.85. The summed E-state index contributed by atoms with van der Waals surface area (Å²) in [6, 6.07) is 0.818. The molecule has 7 N–H and O–H groups in total. The van der Waals surface area contributed by atoms with Gasteiger partial charge in [-0.15, -0.1) is 0 Å². The first-order valence-electron chi connectivity index (χ1n) is 13.3. The zero-order valence-electron chi connectivity index (χ0n) is 23.4. The number of aromatic hydroxyl groups is 1. The number of Topliss-reactive ketones (excluding diaryl/α,β-unsaturated/α-hetero) is 2. The van der Waals surface area contributed by atoms with Gasteiger partial charge in [-0.3, -0.25) is 19.2 Å². The number of aliphatic hydroxyl groups excluding tert-OH is 2. The largest absolute Gasteiger partial charge is 0.507 e. The number of ketones is 2. The van der Waals surface area contributed by atoms with E-state index in [9.17, 15) is 39.6 Å². The number of nitrogens with one attached hydrogen (secondary N) is 1. The number of nitrogens with zero attached hydrogens (tertiary/aromatic N) is 2. The number of amides is 2. The molecular weight excluding hydrogens is 520 g/mol. The second-order valence-electron chi connectivity index (χ2n) is 11.6. The van der Waals surface area contributed by atoms with Crippen molar-refractivity contribution < 1.29 is 39.6 Å². The van der Waals surface area contributed by atoms with Crippen molar-refractivity contribution in [2.24, 2.45) is 23.5 Å². The van der Waals surface area contributed by atoms with Crippen LogP contribution in [0, 0.1) is 17.8 Å². The van der Waals surface area contributed by atoms with Crippen LogP contribution in [0.1, 0.15) is 35.6 Å². The van der Waals surface area contributed by atoms with Gasteiger partial charge in [0.25, 0.3) is 0 Å². The smallest absolute Gasteiger partial charge is 0.234 e. The van der Waals surface area contributed by atoms with E-state index in [4.69, 9.17) is 5.73 Å². The van der Waals surface area contributed by atoms with Crippen LogP contribution in [0.25, 0.3) is 5.76 Å². The number of fused-ring (bicyclic) bond motifs is 3. The summed E-state index contributed by atoms with van der Waals surface area (Å²) >= 11 is 0. The number of aliphatic hydroxyl groups is 3. The molecule has 0 aliphatic heterocycles. The molecule has 12 heteroatoms. The summed E-state index contributed by atoms with van der Waals surface area (Å²) < 4.78 is 0. The van der Waals surface area contributed by atoms with Crippen LogP contribution in [0.5, 0.6) is 5.75 Å². The third-order valence-corrected chi connectivity index (χ3v) is 8.58. The Bertz CT molecular complexity index is 1310. The van der Waals surface area contributed by atoms with Crippen LogP contribution in [0.15, 0.2) is 11.6 Å². The summed E-state index contributed by atoms with van der Waals surface area (Å²) in [6.45, 7) is 2.02. The predicted molar refractivity (Wildman–Crippen MR) is 144 cm³/mol. The maximum absolute atomic E-state index is 14.0. The van der Waals surface area contributed by atoms with Gasteiger partial charge >= 0.3 is 0 Å². The molecule has 2 amide bonds. The number of likely N-dealkylation sites (N-methyl/N-ethyl adjacent to an activating group) is 2. The molecule has 2 fully saturated rings. The number of carbonyl (C=O) groups excluding carboxylic acids is 4. The molecule has 218 valence electrons.